The highest BCUT2D eigenvalue weighted by Crippen LogP contribution is 2.23. The highest BCUT2D eigenvalue weighted by Gasteiger charge is 2.37. The first-order valence-corrected chi connectivity index (χ1v) is 10.1. The van der Waals surface area contributed by atoms with Crippen molar-refractivity contribution in [3.8, 4) is 0 Å². The Kier molecular flexibility index (Phi) is 6.67. The zero-order chi connectivity index (χ0) is 20.1. The van der Waals surface area contributed by atoms with Crippen molar-refractivity contribution in [1.82, 2.24) is 20.0 Å². The number of rotatable bonds is 6. The number of aryl methyl sites for hydroxylation is 1. The Morgan fingerprint density at radius 1 is 1.11 bits per heavy atom. The van der Waals surface area contributed by atoms with Crippen LogP contribution in [-0.2, 0) is 20.9 Å². The molecule has 0 saturated carbocycles. The molecule has 0 radical (unpaired) electrons. The lowest BCUT2D eigenvalue weighted by Crippen LogP contribution is -2.52. The maximum atomic E-state index is 12.9. The average Bonchev–Trinajstić information content (AvgIpc) is 3.04. The van der Waals surface area contributed by atoms with Crippen molar-refractivity contribution in [2.24, 2.45) is 5.92 Å². The molecule has 1 unspecified atom stereocenters. The van der Waals surface area contributed by atoms with E-state index in [2.05, 4.69) is 10.2 Å². The zero-order valence-corrected chi connectivity index (χ0v) is 16.8. The summed E-state index contributed by atoms with van der Waals surface area (Å²) < 4.78 is 0. The SMILES string of the molecule is CCNC(=O)CN1CCN(C(=O)C2CC(=O)N(Cc3ccc(C)cc3)C2)CC1. The van der Waals surface area contributed by atoms with Crippen LogP contribution in [0.5, 0.6) is 0 Å². The van der Waals surface area contributed by atoms with E-state index < -0.39 is 0 Å². The summed E-state index contributed by atoms with van der Waals surface area (Å²) >= 11 is 0. The summed E-state index contributed by atoms with van der Waals surface area (Å²) in [5.41, 5.74) is 2.28. The number of hydrogen-bond donors (Lipinski definition) is 1. The van der Waals surface area contributed by atoms with Crippen LogP contribution < -0.4 is 5.32 Å². The van der Waals surface area contributed by atoms with Crippen LogP contribution in [0.2, 0.25) is 0 Å². The van der Waals surface area contributed by atoms with Crippen molar-refractivity contribution >= 4 is 17.7 Å². The average molecular weight is 386 g/mol. The van der Waals surface area contributed by atoms with Gasteiger partial charge in [-0.05, 0) is 19.4 Å². The molecule has 2 aliphatic heterocycles. The maximum Gasteiger partial charge on any atom is 0.234 e. The van der Waals surface area contributed by atoms with Crippen molar-refractivity contribution in [1.29, 1.82) is 0 Å². The van der Waals surface area contributed by atoms with Crippen molar-refractivity contribution in [3.05, 3.63) is 35.4 Å². The Morgan fingerprint density at radius 2 is 1.79 bits per heavy atom. The molecule has 1 N–H and O–H groups in total. The summed E-state index contributed by atoms with van der Waals surface area (Å²) in [4.78, 5) is 42.7. The molecule has 1 aromatic rings. The number of nitrogens with zero attached hydrogens (tertiary/aromatic N) is 3. The van der Waals surface area contributed by atoms with Gasteiger partial charge in [-0.1, -0.05) is 29.8 Å². The van der Waals surface area contributed by atoms with Crippen molar-refractivity contribution in [2.45, 2.75) is 26.8 Å². The lowest BCUT2D eigenvalue weighted by Gasteiger charge is -2.35. The molecule has 2 saturated heterocycles. The van der Waals surface area contributed by atoms with E-state index in [1.54, 1.807) is 4.90 Å². The summed E-state index contributed by atoms with van der Waals surface area (Å²) in [6, 6.07) is 8.15. The summed E-state index contributed by atoms with van der Waals surface area (Å²) in [6.45, 7) is 8.60. The number of likely N-dealkylation sites (tertiary alicyclic amines) is 1. The molecule has 0 spiro atoms. The number of carbonyl (C=O) groups excluding carboxylic acids is 3. The molecule has 152 valence electrons. The van der Waals surface area contributed by atoms with Gasteiger partial charge in [0.05, 0.1) is 12.5 Å². The van der Waals surface area contributed by atoms with E-state index in [1.165, 1.54) is 5.56 Å². The fraction of sp³-hybridized carbons (Fsp3) is 0.571. The van der Waals surface area contributed by atoms with Gasteiger partial charge in [0, 0.05) is 52.2 Å². The van der Waals surface area contributed by atoms with E-state index >= 15 is 0 Å². The van der Waals surface area contributed by atoms with Gasteiger partial charge in [-0.3, -0.25) is 19.3 Å². The second kappa shape index (κ2) is 9.19. The highest BCUT2D eigenvalue weighted by molar-refractivity contribution is 5.89. The maximum absolute atomic E-state index is 12.9. The summed E-state index contributed by atoms with van der Waals surface area (Å²) in [6.07, 6.45) is 0.295. The van der Waals surface area contributed by atoms with Gasteiger partial charge < -0.3 is 15.1 Å². The molecule has 7 heteroatoms. The Balaban J connectivity index is 1.48. The molecule has 1 atom stereocenters. The smallest absolute Gasteiger partial charge is 0.234 e. The third-order valence-corrected chi connectivity index (χ3v) is 5.48. The van der Waals surface area contributed by atoms with E-state index in [9.17, 15) is 14.4 Å². The molecule has 0 aliphatic carbocycles. The molecular weight excluding hydrogens is 356 g/mol. The van der Waals surface area contributed by atoms with Gasteiger partial charge in [0.15, 0.2) is 0 Å². The number of hydrogen-bond acceptors (Lipinski definition) is 4. The first kappa shape index (κ1) is 20.3. The lowest BCUT2D eigenvalue weighted by molar-refractivity contribution is -0.137. The summed E-state index contributed by atoms with van der Waals surface area (Å²) in [5.74, 6) is -0.116. The summed E-state index contributed by atoms with van der Waals surface area (Å²) in [5, 5.41) is 2.80. The van der Waals surface area contributed by atoms with E-state index in [4.69, 9.17) is 0 Å². The normalized spacial score (nSPS) is 20.5. The molecule has 2 aliphatic rings. The van der Waals surface area contributed by atoms with Crippen molar-refractivity contribution in [2.75, 3.05) is 45.8 Å². The molecule has 28 heavy (non-hydrogen) atoms. The van der Waals surface area contributed by atoms with Crippen LogP contribution in [0, 0.1) is 12.8 Å². The molecule has 7 nitrogen and oxygen atoms in total. The first-order valence-electron chi connectivity index (χ1n) is 10.1. The van der Waals surface area contributed by atoms with E-state index in [1.807, 2.05) is 43.0 Å². The van der Waals surface area contributed by atoms with E-state index in [-0.39, 0.29) is 23.6 Å². The lowest BCUT2D eigenvalue weighted by atomic mass is 10.1. The number of nitrogens with one attached hydrogen (secondary N) is 1. The fourth-order valence-electron chi connectivity index (χ4n) is 3.85. The van der Waals surface area contributed by atoms with Gasteiger partial charge in [-0.15, -0.1) is 0 Å². The predicted octanol–water partition coefficient (Wildman–Crippen LogP) is 0.624. The minimum absolute atomic E-state index is 0.0235. The number of piperazine rings is 1. The van der Waals surface area contributed by atoms with Gasteiger partial charge in [-0.25, -0.2) is 0 Å². The standard InChI is InChI=1S/C21H30N4O3/c1-3-22-19(26)15-23-8-10-24(11-9-23)21(28)18-12-20(27)25(14-18)13-17-6-4-16(2)5-7-17/h4-7,18H,3,8-15H2,1-2H3,(H,22,26). The number of benzene rings is 1. The molecule has 0 bridgehead atoms. The Morgan fingerprint density at radius 3 is 2.43 bits per heavy atom. The molecule has 3 amide bonds. The fourth-order valence-corrected chi connectivity index (χ4v) is 3.85. The highest BCUT2D eigenvalue weighted by atomic mass is 16.2. The predicted molar refractivity (Wildman–Crippen MR) is 106 cm³/mol. The third kappa shape index (κ3) is 5.10. The Bertz CT molecular complexity index is 711. The van der Waals surface area contributed by atoms with Crippen LogP contribution in [0.4, 0.5) is 0 Å². The second-order valence-electron chi connectivity index (χ2n) is 7.72. The van der Waals surface area contributed by atoms with E-state index in [0.29, 0.717) is 58.8 Å². The quantitative estimate of drug-likeness (QED) is 0.778. The zero-order valence-electron chi connectivity index (χ0n) is 16.8. The molecular formula is C21H30N4O3. The molecule has 2 fully saturated rings. The summed E-state index contributed by atoms with van der Waals surface area (Å²) in [7, 11) is 0. The van der Waals surface area contributed by atoms with Crippen LogP contribution in [0.15, 0.2) is 24.3 Å². The van der Waals surface area contributed by atoms with Crippen LogP contribution >= 0.6 is 0 Å². The molecule has 0 aromatic heterocycles. The number of carbonyl (C=O) groups is 3. The molecule has 3 rings (SSSR count). The third-order valence-electron chi connectivity index (χ3n) is 5.48. The van der Waals surface area contributed by atoms with Crippen LogP contribution in [0.3, 0.4) is 0 Å². The topological polar surface area (TPSA) is 73.0 Å². The molecule has 1 aromatic carbocycles. The van der Waals surface area contributed by atoms with Gasteiger partial charge in [0.2, 0.25) is 17.7 Å². The van der Waals surface area contributed by atoms with Crippen LogP contribution in [0.25, 0.3) is 0 Å². The minimum atomic E-state index is -0.257. The number of likely N-dealkylation sites (N-methyl/N-ethyl adjacent to an activating group) is 1. The minimum Gasteiger partial charge on any atom is -0.355 e. The Hall–Kier alpha value is -2.41. The van der Waals surface area contributed by atoms with Gasteiger partial charge >= 0.3 is 0 Å². The molecule has 2 heterocycles. The van der Waals surface area contributed by atoms with Crippen molar-refractivity contribution in [3.63, 3.8) is 0 Å². The Labute approximate surface area is 166 Å². The largest absolute Gasteiger partial charge is 0.355 e. The first-order chi connectivity index (χ1) is 13.5. The number of amides is 3. The van der Waals surface area contributed by atoms with Gasteiger partial charge in [0.25, 0.3) is 0 Å². The van der Waals surface area contributed by atoms with Gasteiger partial charge in [0.1, 0.15) is 0 Å². The van der Waals surface area contributed by atoms with Crippen LogP contribution in [0.1, 0.15) is 24.5 Å². The van der Waals surface area contributed by atoms with Crippen LogP contribution in [-0.4, -0.2) is 78.2 Å². The van der Waals surface area contributed by atoms with Crippen molar-refractivity contribution < 1.29 is 14.4 Å². The van der Waals surface area contributed by atoms with E-state index in [0.717, 1.165) is 5.56 Å². The monoisotopic (exact) mass is 386 g/mol. The second-order valence-corrected chi connectivity index (χ2v) is 7.72. The van der Waals surface area contributed by atoms with Gasteiger partial charge in [-0.2, -0.15) is 0 Å².